The second-order valence-corrected chi connectivity index (χ2v) is 4.72. The van der Waals surface area contributed by atoms with Crippen LogP contribution in [0, 0.1) is 11.3 Å². The molecule has 1 aromatic carbocycles. The Kier molecular flexibility index (Phi) is 7.27. The summed E-state index contributed by atoms with van der Waals surface area (Å²) in [5, 5.41) is 9.24. The number of benzene rings is 1. The molecular weight excluding hydrogens is 292 g/mol. The lowest BCUT2D eigenvalue weighted by Crippen LogP contribution is -2.31. The molecule has 0 saturated carbocycles. The number of carbonyl (C=O) groups is 2. The molecule has 0 unspecified atom stereocenters. The van der Waals surface area contributed by atoms with Gasteiger partial charge in [-0.25, -0.2) is 0 Å². The molecule has 0 aliphatic rings. The van der Waals surface area contributed by atoms with Gasteiger partial charge in [-0.15, -0.1) is 0 Å². The van der Waals surface area contributed by atoms with Crippen molar-refractivity contribution in [3.63, 3.8) is 0 Å². The quantitative estimate of drug-likeness (QED) is 0.573. The normalized spacial score (nSPS) is 9.76. The summed E-state index contributed by atoms with van der Waals surface area (Å²) < 4.78 is 4.91. The smallest absolute Gasteiger partial charge is 0.306 e. The third-order valence-electron chi connectivity index (χ3n) is 2.68. The Morgan fingerprint density at radius 2 is 2.05 bits per heavy atom. The van der Waals surface area contributed by atoms with Gasteiger partial charge in [-0.1, -0.05) is 30.7 Å². The van der Waals surface area contributed by atoms with Crippen LogP contribution >= 0.6 is 11.6 Å². The Hall–Kier alpha value is -2.06. The van der Waals surface area contributed by atoms with E-state index in [1.54, 1.807) is 24.3 Å². The number of amides is 1. The second kappa shape index (κ2) is 8.98. The minimum absolute atomic E-state index is 0.00872. The van der Waals surface area contributed by atoms with Gasteiger partial charge in [-0.05, 0) is 18.6 Å². The van der Waals surface area contributed by atoms with Gasteiger partial charge >= 0.3 is 5.97 Å². The fraction of sp³-hybridized carbons (Fsp3) is 0.400. The van der Waals surface area contributed by atoms with Crippen LogP contribution in [0.15, 0.2) is 24.3 Å². The number of ether oxygens (including phenoxy) is 1. The van der Waals surface area contributed by atoms with Gasteiger partial charge in [-0.3, -0.25) is 14.5 Å². The van der Waals surface area contributed by atoms with E-state index in [2.05, 4.69) is 0 Å². The maximum atomic E-state index is 12.2. The van der Waals surface area contributed by atoms with Crippen molar-refractivity contribution in [1.82, 2.24) is 0 Å². The number of nitriles is 1. The Morgan fingerprint density at radius 1 is 1.33 bits per heavy atom. The molecule has 5 nitrogen and oxygen atoms in total. The summed E-state index contributed by atoms with van der Waals surface area (Å²) in [6.07, 6.45) is 0.709. The highest BCUT2D eigenvalue weighted by molar-refractivity contribution is 6.33. The molecular formula is C15H17ClN2O3. The van der Waals surface area contributed by atoms with Crippen LogP contribution in [0.3, 0.4) is 0 Å². The number of para-hydroxylation sites is 1. The molecule has 0 atom stereocenters. The Labute approximate surface area is 129 Å². The zero-order valence-corrected chi connectivity index (χ0v) is 12.6. The molecule has 0 aromatic heterocycles. The summed E-state index contributed by atoms with van der Waals surface area (Å²) >= 11 is 6.04. The molecule has 0 aliphatic carbocycles. The highest BCUT2D eigenvalue weighted by Gasteiger charge is 2.19. The Morgan fingerprint density at radius 3 is 2.67 bits per heavy atom. The molecule has 1 rings (SSSR count). The number of hydrogen-bond acceptors (Lipinski definition) is 4. The number of halogens is 1. The third-order valence-corrected chi connectivity index (χ3v) is 3.00. The molecule has 0 radical (unpaired) electrons. The molecule has 6 heteroatoms. The van der Waals surface area contributed by atoms with Crippen LogP contribution in [0.5, 0.6) is 0 Å². The van der Waals surface area contributed by atoms with Crippen molar-refractivity contribution in [2.75, 3.05) is 18.1 Å². The van der Waals surface area contributed by atoms with Gasteiger partial charge in [0, 0.05) is 6.42 Å². The predicted octanol–water partition coefficient (Wildman–Crippen LogP) is 2.93. The zero-order chi connectivity index (χ0) is 15.7. The van der Waals surface area contributed by atoms with E-state index in [1.165, 1.54) is 4.90 Å². The first kappa shape index (κ1) is 17.0. The number of carbonyl (C=O) groups excluding carboxylic acids is 2. The molecule has 21 heavy (non-hydrogen) atoms. The average Bonchev–Trinajstić information content (AvgIpc) is 2.49. The van der Waals surface area contributed by atoms with Crippen molar-refractivity contribution in [2.24, 2.45) is 0 Å². The maximum Gasteiger partial charge on any atom is 0.306 e. The van der Waals surface area contributed by atoms with Crippen molar-refractivity contribution >= 4 is 29.2 Å². The molecule has 0 fully saturated rings. The summed E-state index contributed by atoms with van der Waals surface area (Å²) in [5.74, 6) is -0.751. The van der Waals surface area contributed by atoms with Crippen LogP contribution in [-0.2, 0) is 14.3 Å². The first-order chi connectivity index (χ1) is 10.1. The minimum atomic E-state index is -0.415. The summed E-state index contributed by atoms with van der Waals surface area (Å²) in [5.41, 5.74) is 0.465. The monoisotopic (exact) mass is 308 g/mol. The lowest BCUT2D eigenvalue weighted by Gasteiger charge is -2.20. The molecule has 112 valence electrons. The van der Waals surface area contributed by atoms with E-state index in [4.69, 9.17) is 21.6 Å². The zero-order valence-electron chi connectivity index (χ0n) is 11.8. The highest BCUT2D eigenvalue weighted by atomic mass is 35.5. The average molecular weight is 309 g/mol. The molecule has 0 aliphatic heterocycles. The molecule has 0 spiro atoms. The Balaban J connectivity index is 2.69. The molecule has 1 aromatic rings. The van der Waals surface area contributed by atoms with Crippen molar-refractivity contribution in [1.29, 1.82) is 5.26 Å². The Bertz CT molecular complexity index is 540. The molecule has 0 bridgehead atoms. The van der Waals surface area contributed by atoms with Gasteiger partial charge in [-0.2, -0.15) is 5.26 Å². The topological polar surface area (TPSA) is 70.4 Å². The van der Waals surface area contributed by atoms with Crippen LogP contribution in [0.25, 0.3) is 0 Å². The van der Waals surface area contributed by atoms with Crippen molar-refractivity contribution in [3.05, 3.63) is 29.3 Å². The summed E-state index contributed by atoms with van der Waals surface area (Å²) in [7, 11) is 0. The number of rotatable bonds is 7. The van der Waals surface area contributed by atoms with Crippen molar-refractivity contribution in [2.45, 2.75) is 26.2 Å². The lowest BCUT2D eigenvalue weighted by molar-refractivity contribution is -0.144. The summed E-state index contributed by atoms with van der Waals surface area (Å²) in [6.45, 7) is 2.12. The molecule has 1 amide bonds. The standard InChI is InChI=1S/C15H17ClN2O3/c1-2-11-21-15(20)8-7-14(19)18(10-9-17)13-6-4-3-5-12(13)16/h3-6H,2,7-8,10-11H2,1H3. The molecule has 0 saturated heterocycles. The van der Waals surface area contributed by atoms with Gasteiger partial charge in [0.15, 0.2) is 0 Å². The van der Waals surface area contributed by atoms with E-state index >= 15 is 0 Å². The van der Waals surface area contributed by atoms with E-state index in [-0.39, 0.29) is 25.3 Å². The number of esters is 1. The number of anilines is 1. The van der Waals surface area contributed by atoms with E-state index in [0.29, 0.717) is 17.3 Å². The molecule has 0 N–H and O–H groups in total. The largest absolute Gasteiger partial charge is 0.466 e. The van der Waals surface area contributed by atoms with Crippen LogP contribution < -0.4 is 4.90 Å². The first-order valence-corrected chi connectivity index (χ1v) is 7.05. The van der Waals surface area contributed by atoms with E-state index in [9.17, 15) is 9.59 Å². The maximum absolute atomic E-state index is 12.2. The lowest BCUT2D eigenvalue weighted by atomic mass is 10.2. The van der Waals surface area contributed by atoms with E-state index < -0.39 is 5.97 Å². The van der Waals surface area contributed by atoms with E-state index in [1.807, 2.05) is 13.0 Å². The van der Waals surface area contributed by atoms with Crippen LogP contribution in [-0.4, -0.2) is 25.0 Å². The summed E-state index contributed by atoms with van der Waals surface area (Å²) in [4.78, 5) is 24.9. The van der Waals surface area contributed by atoms with Crippen LogP contribution in [0.1, 0.15) is 26.2 Å². The van der Waals surface area contributed by atoms with Crippen LogP contribution in [0.2, 0.25) is 5.02 Å². The van der Waals surface area contributed by atoms with Gasteiger partial charge in [0.2, 0.25) is 5.91 Å². The number of nitrogens with zero attached hydrogens (tertiary/aromatic N) is 2. The van der Waals surface area contributed by atoms with Crippen molar-refractivity contribution in [3.8, 4) is 6.07 Å². The van der Waals surface area contributed by atoms with Crippen molar-refractivity contribution < 1.29 is 14.3 Å². The SMILES string of the molecule is CCCOC(=O)CCC(=O)N(CC#N)c1ccccc1Cl. The predicted molar refractivity (Wildman–Crippen MR) is 79.9 cm³/mol. The summed E-state index contributed by atoms with van der Waals surface area (Å²) in [6, 6.07) is 8.70. The molecule has 0 heterocycles. The van der Waals surface area contributed by atoms with Gasteiger partial charge in [0.1, 0.15) is 6.54 Å². The second-order valence-electron chi connectivity index (χ2n) is 4.31. The van der Waals surface area contributed by atoms with Gasteiger partial charge in [0.25, 0.3) is 0 Å². The fourth-order valence-electron chi connectivity index (χ4n) is 1.68. The van der Waals surface area contributed by atoms with Crippen LogP contribution in [0.4, 0.5) is 5.69 Å². The minimum Gasteiger partial charge on any atom is -0.466 e. The van der Waals surface area contributed by atoms with Gasteiger partial charge in [0.05, 0.1) is 29.8 Å². The number of hydrogen-bond donors (Lipinski definition) is 0. The highest BCUT2D eigenvalue weighted by Crippen LogP contribution is 2.25. The first-order valence-electron chi connectivity index (χ1n) is 6.67. The fourth-order valence-corrected chi connectivity index (χ4v) is 1.92. The van der Waals surface area contributed by atoms with Gasteiger partial charge < -0.3 is 4.74 Å². The van der Waals surface area contributed by atoms with E-state index in [0.717, 1.165) is 6.42 Å². The third kappa shape index (κ3) is 5.44.